The summed E-state index contributed by atoms with van der Waals surface area (Å²) in [5.41, 5.74) is 2.27. The number of halogens is 3. The highest BCUT2D eigenvalue weighted by Gasteiger charge is 2.31. The van der Waals surface area contributed by atoms with Crippen molar-refractivity contribution < 1.29 is 18.0 Å². The molecule has 3 rings (SSSR count). The predicted octanol–water partition coefficient (Wildman–Crippen LogP) is 2.83. The topological polar surface area (TPSA) is 76.9 Å². The van der Waals surface area contributed by atoms with E-state index in [-0.39, 0.29) is 34.6 Å². The molecular weight excluding hydrogens is 381 g/mol. The van der Waals surface area contributed by atoms with E-state index >= 15 is 0 Å². The fourth-order valence-corrected chi connectivity index (χ4v) is 3.35. The van der Waals surface area contributed by atoms with E-state index < -0.39 is 24.1 Å². The molecule has 0 atom stereocenters. The Morgan fingerprint density at radius 2 is 1.96 bits per heavy atom. The second-order valence-corrected chi connectivity index (χ2v) is 6.59. The number of benzene rings is 1. The van der Waals surface area contributed by atoms with Crippen molar-refractivity contribution in [2.75, 3.05) is 5.43 Å². The minimum absolute atomic E-state index is 0.0218. The molecule has 10 heteroatoms. The van der Waals surface area contributed by atoms with E-state index in [1.165, 1.54) is 0 Å². The number of rotatable bonds is 5. The number of aromatic nitrogens is 3. The number of alkyl halides is 3. The highest BCUT2D eigenvalue weighted by molar-refractivity contribution is 7.13. The van der Waals surface area contributed by atoms with Crippen molar-refractivity contribution in [1.82, 2.24) is 14.0 Å². The third-order valence-corrected chi connectivity index (χ3v) is 4.62. The number of carbonyl (C=O) groups is 1. The summed E-state index contributed by atoms with van der Waals surface area (Å²) < 4.78 is 42.8. The van der Waals surface area contributed by atoms with Crippen LogP contribution in [0.3, 0.4) is 0 Å². The minimum atomic E-state index is -4.45. The van der Waals surface area contributed by atoms with E-state index in [9.17, 15) is 22.8 Å². The van der Waals surface area contributed by atoms with E-state index in [4.69, 9.17) is 0 Å². The normalized spacial score (nSPS) is 11.7. The first kappa shape index (κ1) is 19.0. The minimum Gasteiger partial charge on any atom is -0.273 e. The van der Waals surface area contributed by atoms with E-state index in [1.807, 2.05) is 6.07 Å². The summed E-state index contributed by atoms with van der Waals surface area (Å²) in [5.74, 6) is -0.267. The number of hydrogen-bond donors (Lipinski definition) is 1. The Kier molecular flexibility index (Phi) is 5.26. The van der Waals surface area contributed by atoms with Gasteiger partial charge < -0.3 is 0 Å². The summed E-state index contributed by atoms with van der Waals surface area (Å²) in [5, 5.41) is 0. The van der Waals surface area contributed by atoms with Crippen LogP contribution < -0.4 is 11.0 Å². The number of aryl methyl sites for hydroxylation is 1. The van der Waals surface area contributed by atoms with Gasteiger partial charge in [0.05, 0.1) is 18.5 Å². The lowest BCUT2D eigenvalue weighted by Crippen LogP contribution is -2.36. The Morgan fingerprint density at radius 1 is 1.26 bits per heavy atom. The third-order valence-electron chi connectivity index (χ3n) is 3.76. The third kappa shape index (κ3) is 4.33. The molecule has 1 aromatic carbocycles. The van der Waals surface area contributed by atoms with Gasteiger partial charge in [-0.3, -0.25) is 15.0 Å². The summed E-state index contributed by atoms with van der Waals surface area (Å²) in [6.07, 6.45) is -5.41. The highest BCUT2D eigenvalue weighted by atomic mass is 32.1. The van der Waals surface area contributed by atoms with Crippen LogP contribution in [-0.4, -0.2) is 26.1 Å². The fraction of sp³-hybridized carbons (Fsp3) is 0.294. The highest BCUT2D eigenvalue weighted by Crippen LogP contribution is 2.26. The molecule has 142 valence electrons. The zero-order valence-electron chi connectivity index (χ0n) is 14.2. The van der Waals surface area contributed by atoms with Crippen LogP contribution in [0.5, 0.6) is 0 Å². The molecule has 3 aromatic rings. The molecule has 27 heavy (non-hydrogen) atoms. The molecule has 0 bridgehead atoms. The van der Waals surface area contributed by atoms with Crippen LogP contribution in [0.15, 0.2) is 35.1 Å². The summed E-state index contributed by atoms with van der Waals surface area (Å²) in [6.45, 7) is 1.69. The molecular formula is C17H15F3N4O2S. The van der Waals surface area contributed by atoms with Gasteiger partial charge >= 0.3 is 6.18 Å². The van der Waals surface area contributed by atoms with Gasteiger partial charge in [0.2, 0.25) is 5.91 Å². The number of nitrogens with one attached hydrogen (secondary N) is 1. The molecule has 1 amide bonds. The van der Waals surface area contributed by atoms with E-state index in [0.29, 0.717) is 11.5 Å². The van der Waals surface area contributed by atoms with Crippen molar-refractivity contribution in [1.29, 1.82) is 0 Å². The Balaban J connectivity index is 1.95. The van der Waals surface area contributed by atoms with Gasteiger partial charge in [-0.15, -0.1) is 0 Å². The van der Waals surface area contributed by atoms with E-state index in [1.54, 1.807) is 31.2 Å². The first-order valence-corrected chi connectivity index (χ1v) is 8.86. The first-order valence-electron chi connectivity index (χ1n) is 8.09. The Labute approximate surface area is 155 Å². The average Bonchev–Trinajstić information content (AvgIpc) is 2.99. The van der Waals surface area contributed by atoms with Gasteiger partial charge in [-0.25, -0.2) is 9.66 Å². The molecule has 0 fully saturated rings. The molecule has 2 aromatic heterocycles. The smallest absolute Gasteiger partial charge is 0.273 e. The lowest BCUT2D eigenvalue weighted by atomic mass is 10.1. The summed E-state index contributed by atoms with van der Waals surface area (Å²) in [7, 11) is 0. The molecule has 0 spiro atoms. The van der Waals surface area contributed by atoms with Crippen LogP contribution in [0.2, 0.25) is 0 Å². The summed E-state index contributed by atoms with van der Waals surface area (Å²) in [6, 6.07) is 8.95. The van der Waals surface area contributed by atoms with Crippen LogP contribution in [0.4, 0.5) is 13.2 Å². The maximum atomic E-state index is 12.7. The molecule has 0 unspecified atom stereocenters. The monoisotopic (exact) mass is 396 g/mol. The zero-order valence-corrected chi connectivity index (χ0v) is 15.0. The van der Waals surface area contributed by atoms with Gasteiger partial charge in [-0.2, -0.15) is 17.5 Å². The number of amides is 1. The van der Waals surface area contributed by atoms with Crippen molar-refractivity contribution in [3.8, 4) is 0 Å². The molecule has 0 saturated heterocycles. The van der Waals surface area contributed by atoms with E-state index in [0.717, 1.165) is 10.2 Å². The van der Waals surface area contributed by atoms with Crippen LogP contribution >= 0.6 is 11.5 Å². The second kappa shape index (κ2) is 7.47. The molecule has 0 aliphatic carbocycles. The molecule has 1 N–H and O–H groups in total. The van der Waals surface area contributed by atoms with Gasteiger partial charge in [-0.1, -0.05) is 37.3 Å². The molecule has 0 saturated carbocycles. The Hall–Kier alpha value is -2.75. The predicted molar refractivity (Wildman–Crippen MR) is 95.3 cm³/mol. The van der Waals surface area contributed by atoms with Crippen molar-refractivity contribution in [2.24, 2.45) is 0 Å². The standard InChI is InChI=1S/C17H15F3N4O2S/c1-2-12-21-14-11(9-17(18,19)20)23-27-15(14)16(26)24(12)22-13(25)8-10-6-4-3-5-7-10/h3-7H,2,8-9H2,1H3,(H,22,25). The van der Waals surface area contributed by atoms with Crippen molar-refractivity contribution in [3.05, 3.63) is 57.8 Å². The van der Waals surface area contributed by atoms with Crippen molar-refractivity contribution in [3.63, 3.8) is 0 Å². The van der Waals surface area contributed by atoms with Gasteiger partial charge in [-0.05, 0) is 17.1 Å². The average molecular weight is 396 g/mol. The molecule has 0 aliphatic rings. The quantitative estimate of drug-likeness (QED) is 0.720. The second-order valence-electron chi connectivity index (χ2n) is 5.82. The molecule has 2 heterocycles. The molecule has 6 nitrogen and oxygen atoms in total. The number of hydrogen-bond acceptors (Lipinski definition) is 5. The van der Waals surface area contributed by atoms with Crippen LogP contribution in [0.25, 0.3) is 10.2 Å². The maximum Gasteiger partial charge on any atom is 0.394 e. The number of nitrogens with zero attached hydrogens (tertiary/aromatic N) is 3. The van der Waals surface area contributed by atoms with Crippen molar-refractivity contribution in [2.45, 2.75) is 32.4 Å². The Bertz CT molecular complexity index is 1030. The van der Waals surface area contributed by atoms with Gasteiger partial charge in [0, 0.05) is 6.42 Å². The van der Waals surface area contributed by atoms with Crippen LogP contribution in [0.1, 0.15) is 24.0 Å². The Morgan fingerprint density at radius 3 is 2.59 bits per heavy atom. The van der Waals surface area contributed by atoms with Gasteiger partial charge in [0.1, 0.15) is 16.0 Å². The molecule has 0 radical (unpaired) electrons. The zero-order chi connectivity index (χ0) is 19.6. The van der Waals surface area contributed by atoms with Gasteiger partial charge in [0.15, 0.2) is 0 Å². The lowest BCUT2D eigenvalue weighted by Gasteiger charge is -2.12. The van der Waals surface area contributed by atoms with Crippen molar-refractivity contribution >= 4 is 27.7 Å². The van der Waals surface area contributed by atoms with E-state index in [2.05, 4.69) is 14.8 Å². The van der Waals surface area contributed by atoms with Gasteiger partial charge in [0.25, 0.3) is 5.56 Å². The summed E-state index contributed by atoms with van der Waals surface area (Å²) in [4.78, 5) is 29.1. The van der Waals surface area contributed by atoms with Crippen LogP contribution in [-0.2, 0) is 24.1 Å². The van der Waals surface area contributed by atoms with Crippen LogP contribution in [0, 0.1) is 0 Å². The number of carbonyl (C=O) groups excluding carboxylic acids is 1. The SMILES string of the molecule is CCc1nc2c(CC(F)(F)F)nsc2c(=O)n1NC(=O)Cc1ccccc1. The fourth-order valence-electron chi connectivity index (χ4n) is 2.58. The lowest BCUT2D eigenvalue weighted by molar-refractivity contribution is -0.127. The summed E-state index contributed by atoms with van der Waals surface area (Å²) >= 11 is 0.649. The number of fused-ring (bicyclic) bond motifs is 1. The maximum absolute atomic E-state index is 12.7. The largest absolute Gasteiger partial charge is 0.394 e. The molecule has 0 aliphatic heterocycles. The first-order chi connectivity index (χ1) is 12.8.